The van der Waals surface area contributed by atoms with Crippen LogP contribution in [-0.2, 0) is 0 Å². The average Bonchev–Trinajstić information content (AvgIpc) is 3.22. The van der Waals surface area contributed by atoms with Crippen LogP contribution in [-0.4, -0.2) is 45.7 Å². The summed E-state index contributed by atoms with van der Waals surface area (Å²) in [6.07, 6.45) is 4.19. The van der Waals surface area contributed by atoms with Gasteiger partial charge in [0.2, 0.25) is 5.88 Å². The van der Waals surface area contributed by atoms with Crippen LogP contribution in [0.2, 0.25) is 0 Å². The summed E-state index contributed by atoms with van der Waals surface area (Å²) in [6, 6.07) is 17.2. The molecule has 3 heterocycles. The number of likely N-dealkylation sites (tertiary alicyclic amines) is 1. The van der Waals surface area contributed by atoms with Crippen LogP contribution in [0.25, 0.3) is 11.3 Å². The predicted molar refractivity (Wildman–Crippen MR) is 101 cm³/mol. The van der Waals surface area contributed by atoms with Crippen molar-refractivity contribution in [3.05, 3.63) is 72.6 Å². The van der Waals surface area contributed by atoms with Crippen molar-refractivity contribution < 1.29 is 9.53 Å². The lowest BCUT2D eigenvalue weighted by Gasteiger charge is -2.16. The molecule has 0 N–H and O–H groups in total. The van der Waals surface area contributed by atoms with Crippen LogP contribution in [0.1, 0.15) is 16.8 Å². The number of hydrogen-bond acceptors (Lipinski definition) is 5. The second kappa shape index (κ2) is 7.95. The predicted octanol–water partition coefficient (Wildman–Crippen LogP) is 3.08. The van der Waals surface area contributed by atoms with Crippen LogP contribution in [0.15, 0.2) is 67.0 Å². The van der Waals surface area contributed by atoms with Gasteiger partial charge >= 0.3 is 0 Å². The Labute approximate surface area is 157 Å². The van der Waals surface area contributed by atoms with Crippen LogP contribution < -0.4 is 4.74 Å². The summed E-state index contributed by atoms with van der Waals surface area (Å²) in [5, 5.41) is 8.39. The first-order valence-electron chi connectivity index (χ1n) is 9.01. The number of rotatable bonds is 5. The molecule has 1 aliphatic rings. The summed E-state index contributed by atoms with van der Waals surface area (Å²) in [5.74, 6) is 0.825. The Morgan fingerprint density at radius 3 is 2.70 bits per heavy atom. The van der Waals surface area contributed by atoms with Gasteiger partial charge in [0, 0.05) is 43.0 Å². The van der Waals surface area contributed by atoms with Crippen LogP contribution in [0.5, 0.6) is 5.88 Å². The lowest BCUT2D eigenvalue weighted by atomic mass is 10.1. The van der Waals surface area contributed by atoms with Gasteiger partial charge in [0.05, 0.1) is 17.9 Å². The highest BCUT2D eigenvalue weighted by Gasteiger charge is 2.27. The summed E-state index contributed by atoms with van der Waals surface area (Å²) < 4.78 is 5.79. The van der Waals surface area contributed by atoms with E-state index < -0.39 is 0 Å². The zero-order valence-corrected chi connectivity index (χ0v) is 14.9. The minimum absolute atomic E-state index is 0.0256. The fourth-order valence-corrected chi connectivity index (χ4v) is 3.19. The van der Waals surface area contributed by atoms with Gasteiger partial charge in [-0.15, -0.1) is 10.2 Å². The minimum Gasteiger partial charge on any atom is -0.476 e. The third kappa shape index (κ3) is 4.11. The Morgan fingerprint density at radius 2 is 1.96 bits per heavy atom. The van der Waals surface area contributed by atoms with Crippen molar-refractivity contribution in [3.63, 3.8) is 0 Å². The average molecular weight is 360 g/mol. The Kier molecular flexibility index (Phi) is 5.05. The molecule has 0 aliphatic carbocycles. The van der Waals surface area contributed by atoms with E-state index in [4.69, 9.17) is 4.74 Å². The molecule has 1 saturated heterocycles. The van der Waals surface area contributed by atoms with Gasteiger partial charge < -0.3 is 9.64 Å². The number of pyridine rings is 1. The zero-order valence-electron chi connectivity index (χ0n) is 14.9. The molecule has 6 heteroatoms. The molecular formula is C21H20N4O2. The van der Waals surface area contributed by atoms with Gasteiger partial charge in [-0.25, -0.2) is 0 Å². The Morgan fingerprint density at radius 1 is 1.07 bits per heavy atom. The molecule has 6 nitrogen and oxygen atoms in total. The fraction of sp³-hybridized carbons (Fsp3) is 0.238. The molecule has 1 fully saturated rings. The van der Waals surface area contributed by atoms with E-state index in [1.807, 2.05) is 47.4 Å². The normalized spacial score (nSPS) is 16.3. The number of benzene rings is 1. The second-order valence-electron chi connectivity index (χ2n) is 6.58. The molecule has 0 bridgehead atoms. The van der Waals surface area contributed by atoms with E-state index in [1.54, 1.807) is 24.5 Å². The number of carbonyl (C=O) groups excluding carboxylic acids is 1. The van der Waals surface area contributed by atoms with Crippen LogP contribution in [0.4, 0.5) is 0 Å². The van der Waals surface area contributed by atoms with Gasteiger partial charge in [-0.3, -0.25) is 9.78 Å². The molecule has 4 rings (SSSR count). The highest BCUT2D eigenvalue weighted by molar-refractivity contribution is 5.94. The second-order valence-corrected chi connectivity index (χ2v) is 6.58. The van der Waals surface area contributed by atoms with Crippen molar-refractivity contribution in [1.82, 2.24) is 20.1 Å². The third-order valence-electron chi connectivity index (χ3n) is 4.66. The summed E-state index contributed by atoms with van der Waals surface area (Å²) in [4.78, 5) is 18.3. The molecule has 2 aromatic heterocycles. The van der Waals surface area contributed by atoms with Gasteiger partial charge in [-0.05, 0) is 24.6 Å². The standard InChI is InChI=1S/C21H20N4O2/c26-21(18-7-4-11-22-13-18)25-12-10-16(14-25)15-27-20-9-8-19(23-24-20)17-5-2-1-3-6-17/h1-9,11,13,16H,10,12,14-15H2. The quantitative estimate of drug-likeness (QED) is 0.699. The van der Waals surface area contributed by atoms with Crippen molar-refractivity contribution in [2.24, 2.45) is 5.92 Å². The highest BCUT2D eigenvalue weighted by atomic mass is 16.5. The summed E-state index contributed by atoms with van der Waals surface area (Å²) in [6.45, 7) is 1.94. The molecule has 0 saturated carbocycles. The topological polar surface area (TPSA) is 68.2 Å². The van der Waals surface area contributed by atoms with E-state index in [2.05, 4.69) is 15.2 Å². The summed E-state index contributed by atoms with van der Waals surface area (Å²) >= 11 is 0. The van der Waals surface area contributed by atoms with Gasteiger partial charge in [-0.1, -0.05) is 30.3 Å². The number of ether oxygens (including phenoxy) is 1. The van der Waals surface area contributed by atoms with E-state index >= 15 is 0 Å². The van der Waals surface area contributed by atoms with Crippen molar-refractivity contribution in [3.8, 4) is 17.1 Å². The monoisotopic (exact) mass is 360 g/mol. The number of hydrogen-bond donors (Lipinski definition) is 0. The molecule has 0 spiro atoms. The van der Waals surface area contributed by atoms with E-state index in [9.17, 15) is 4.79 Å². The van der Waals surface area contributed by atoms with Gasteiger partial charge in [0.15, 0.2) is 0 Å². The number of nitrogens with zero attached hydrogens (tertiary/aromatic N) is 4. The summed E-state index contributed by atoms with van der Waals surface area (Å²) in [5.41, 5.74) is 2.47. The fourth-order valence-electron chi connectivity index (χ4n) is 3.19. The molecule has 1 amide bonds. The van der Waals surface area contributed by atoms with Crippen molar-refractivity contribution in [1.29, 1.82) is 0 Å². The third-order valence-corrected chi connectivity index (χ3v) is 4.66. The highest BCUT2D eigenvalue weighted by Crippen LogP contribution is 2.21. The number of aromatic nitrogens is 3. The Bertz CT molecular complexity index is 885. The molecule has 1 aromatic carbocycles. The lowest BCUT2D eigenvalue weighted by Crippen LogP contribution is -2.29. The molecule has 1 unspecified atom stereocenters. The van der Waals surface area contributed by atoms with Crippen LogP contribution in [0.3, 0.4) is 0 Å². The summed E-state index contributed by atoms with van der Waals surface area (Å²) in [7, 11) is 0. The molecular weight excluding hydrogens is 340 g/mol. The first-order chi connectivity index (χ1) is 13.3. The van der Waals surface area contributed by atoms with Crippen molar-refractivity contribution in [2.45, 2.75) is 6.42 Å². The zero-order chi connectivity index (χ0) is 18.5. The van der Waals surface area contributed by atoms with Gasteiger partial charge in [0.25, 0.3) is 5.91 Å². The minimum atomic E-state index is 0.0256. The first kappa shape index (κ1) is 17.1. The van der Waals surface area contributed by atoms with E-state index in [1.165, 1.54) is 0 Å². The molecule has 1 atom stereocenters. The van der Waals surface area contributed by atoms with E-state index in [0.29, 0.717) is 30.5 Å². The number of carbonyl (C=O) groups is 1. The SMILES string of the molecule is O=C(c1cccnc1)N1CCC(COc2ccc(-c3ccccc3)nn2)C1. The number of amides is 1. The maximum Gasteiger partial charge on any atom is 0.255 e. The van der Waals surface area contributed by atoms with Gasteiger partial charge in [0.1, 0.15) is 0 Å². The molecule has 27 heavy (non-hydrogen) atoms. The maximum atomic E-state index is 12.5. The van der Waals surface area contributed by atoms with Crippen molar-refractivity contribution in [2.75, 3.05) is 19.7 Å². The van der Waals surface area contributed by atoms with Crippen LogP contribution in [0, 0.1) is 5.92 Å². The first-order valence-corrected chi connectivity index (χ1v) is 9.01. The largest absolute Gasteiger partial charge is 0.476 e. The maximum absolute atomic E-state index is 12.5. The lowest BCUT2D eigenvalue weighted by molar-refractivity contribution is 0.0782. The molecule has 136 valence electrons. The molecule has 1 aliphatic heterocycles. The Hall–Kier alpha value is -3.28. The van der Waals surface area contributed by atoms with Crippen molar-refractivity contribution >= 4 is 5.91 Å². The Balaban J connectivity index is 1.30. The molecule has 0 radical (unpaired) electrons. The van der Waals surface area contributed by atoms with E-state index in [-0.39, 0.29) is 5.91 Å². The van der Waals surface area contributed by atoms with Crippen LogP contribution >= 0.6 is 0 Å². The van der Waals surface area contributed by atoms with E-state index in [0.717, 1.165) is 24.2 Å². The smallest absolute Gasteiger partial charge is 0.255 e. The molecule has 3 aromatic rings. The van der Waals surface area contributed by atoms with Gasteiger partial charge in [-0.2, -0.15) is 0 Å².